The standard InChI is InChI=1S/C40H62N6O9/c1-9-16-29(34(48)36(50)41-22-31(47)43-32(37(51)45(7)8)26-17-12-10-13-18-26)42-35(49)30-21-28(55-40(4,5)6)23-46(30)38(52)33(27-19-14-11-15-20-27)44-39(53)54-24-25(2)3/h10,12-13,17-18,25,27-30,32-33H,9,11,14-16,19-24H2,1-8H3,(H,41,50)(H,42,49)(H,43,47)(H,44,53)/t28-,29?,30?,32+,33?/m1/s1. The number of ether oxygens (including phenoxy) is 2. The molecule has 1 aromatic carbocycles. The van der Waals surface area contributed by atoms with E-state index in [1.165, 1.54) is 9.80 Å². The van der Waals surface area contributed by atoms with Gasteiger partial charge in [0.15, 0.2) is 0 Å². The lowest BCUT2D eigenvalue weighted by Gasteiger charge is -2.34. The Morgan fingerprint density at radius 1 is 0.927 bits per heavy atom. The highest BCUT2D eigenvalue weighted by Gasteiger charge is 2.46. The molecule has 1 aromatic rings. The highest BCUT2D eigenvalue weighted by atomic mass is 16.5. The summed E-state index contributed by atoms with van der Waals surface area (Å²) in [6.07, 6.45) is 3.78. The maximum absolute atomic E-state index is 14.4. The second-order valence-electron chi connectivity index (χ2n) is 16.1. The second-order valence-corrected chi connectivity index (χ2v) is 16.1. The van der Waals surface area contributed by atoms with Crippen LogP contribution in [0, 0.1) is 11.8 Å². The Morgan fingerprint density at radius 3 is 2.16 bits per heavy atom. The Hall–Kier alpha value is -4.53. The minimum Gasteiger partial charge on any atom is -0.449 e. The zero-order valence-corrected chi connectivity index (χ0v) is 33.8. The van der Waals surface area contributed by atoms with E-state index in [9.17, 15) is 33.6 Å². The summed E-state index contributed by atoms with van der Waals surface area (Å²) in [7, 11) is 3.12. The van der Waals surface area contributed by atoms with Crippen LogP contribution >= 0.6 is 0 Å². The zero-order chi connectivity index (χ0) is 40.9. The van der Waals surface area contributed by atoms with Gasteiger partial charge in [-0.15, -0.1) is 0 Å². The molecular weight excluding hydrogens is 708 g/mol. The first-order chi connectivity index (χ1) is 25.9. The van der Waals surface area contributed by atoms with Crippen LogP contribution in [-0.2, 0) is 38.2 Å². The number of likely N-dealkylation sites (N-methyl/N-ethyl adjacent to an activating group) is 1. The summed E-state index contributed by atoms with van der Waals surface area (Å²) in [5, 5.41) is 10.5. The quantitative estimate of drug-likeness (QED) is 0.173. The SMILES string of the molecule is CCCC(NC(=O)C1C[C@@H](OC(C)(C)C)CN1C(=O)C(NC(=O)OCC(C)C)C1CCCCC1)C(=O)C(=O)NCC(=O)N[C@H](C(=O)N(C)C)c1ccccc1. The lowest BCUT2D eigenvalue weighted by molar-refractivity contribution is -0.143. The van der Waals surface area contributed by atoms with Gasteiger partial charge in [0.25, 0.3) is 5.91 Å². The first-order valence-corrected chi connectivity index (χ1v) is 19.5. The normalized spacial score (nSPS) is 19.1. The summed E-state index contributed by atoms with van der Waals surface area (Å²) in [5.41, 5.74) is -0.0394. The molecule has 0 spiro atoms. The van der Waals surface area contributed by atoms with Gasteiger partial charge in [0, 0.05) is 27.1 Å². The molecule has 15 nitrogen and oxygen atoms in total. The minimum absolute atomic E-state index is 0.0857. The van der Waals surface area contributed by atoms with Crippen LogP contribution in [0.2, 0.25) is 0 Å². The van der Waals surface area contributed by atoms with Crippen LogP contribution in [0.5, 0.6) is 0 Å². The first-order valence-electron chi connectivity index (χ1n) is 19.5. The van der Waals surface area contributed by atoms with Gasteiger partial charge in [-0.1, -0.05) is 76.8 Å². The maximum atomic E-state index is 14.4. The third kappa shape index (κ3) is 13.9. The van der Waals surface area contributed by atoms with Gasteiger partial charge in [0.05, 0.1) is 30.9 Å². The number of carbonyl (C=O) groups is 7. The number of likely N-dealkylation sites (tertiary alicyclic amines) is 1. The molecule has 2 aliphatic rings. The molecule has 4 N–H and O–H groups in total. The average Bonchev–Trinajstić information content (AvgIpc) is 3.56. The lowest BCUT2D eigenvalue weighted by Crippen LogP contribution is -2.58. The highest BCUT2D eigenvalue weighted by Crippen LogP contribution is 2.31. The van der Waals surface area contributed by atoms with Gasteiger partial charge in [-0.05, 0) is 57.4 Å². The van der Waals surface area contributed by atoms with E-state index in [-0.39, 0.29) is 43.7 Å². The van der Waals surface area contributed by atoms with Crippen LogP contribution in [0.3, 0.4) is 0 Å². The number of alkyl carbamates (subject to hydrolysis) is 1. The van der Waals surface area contributed by atoms with Crippen LogP contribution in [0.4, 0.5) is 4.79 Å². The summed E-state index contributed by atoms with van der Waals surface area (Å²) < 4.78 is 11.6. The highest BCUT2D eigenvalue weighted by molar-refractivity contribution is 6.38. The summed E-state index contributed by atoms with van der Waals surface area (Å²) >= 11 is 0. The number of nitrogens with zero attached hydrogens (tertiary/aromatic N) is 2. The molecule has 1 aliphatic heterocycles. The number of amides is 6. The molecule has 0 radical (unpaired) electrons. The number of carbonyl (C=O) groups excluding carboxylic acids is 7. The number of ketones is 1. The van der Waals surface area contributed by atoms with E-state index < -0.39 is 77.9 Å². The van der Waals surface area contributed by atoms with E-state index >= 15 is 0 Å². The predicted octanol–water partition coefficient (Wildman–Crippen LogP) is 3.02. The van der Waals surface area contributed by atoms with Crippen molar-refractivity contribution in [2.24, 2.45) is 11.8 Å². The van der Waals surface area contributed by atoms with Gasteiger partial charge in [0.2, 0.25) is 29.4 Å². The molecule has 1 saturated heterocycles. The largest absolute Gasteiger partial charge is 0.449 e. The van der Waals surface area contributed by atoms with Crippen molar-refractivity contribution < 1.29 is 43.0 Å². The summed E-state index contributed by atoms with van der Waals surface area (Å²) in [6.45, 7) is 10.9. The van der Waals surface area contributed by atoms with Gasteiger partial charge < -0.3 is 40.5 Å². The van der Waals surface area contributed by atoms with Gasteiger partial charge in [-0.2, -0.15) is 0 Å². The smallest absolute Gasteiger partial charge is 0.407 e. The fourth-order valence-electron chi connectivity index (χ4n) is 6.95. The van der Waals surface area contributed by atoms with Crippen molar-refractivity contribution >= 4 is 41.4 Å². The Balaban J connectivity index is 1.76. The van der Waals surface area contributed by atoms with Gasteiger partial charge in [0.1, 0.15) is 18.1 Å². The van der Waals surface area contributed by atoms with E-state index in [2.05, 4.69) is 21.3 Å². The van der Waals surface area contributed by atoms with Crippen LogP contribution in [0.1, 0.15) is 105 Å². The molecule has 1 heterocycles. The van der Waals surface area contributed by atoms with Crippen LogP contribution in [0.15, 0.2) is 30.3 Å². The van der Waals surface area contributed by atoms with Crippen molar-refractivity contribution in [2.75, 3.05) is 33.8 Å². The zero-order valence-electron chi connectivity index (χ0n) is 33.8. The number of Topliss-reactive ketones (excluding diaryl/α,β-unsaturated/α-hetero) is 1. The Bertz CT molecular complexity index is 1490. The van der Waals surface area contributed by atoms with Crippen molar-refractivity contribution in [2.45, 2.75) is 129 Å². The van der Waals surface area contributed by atoms with Crippen molar-refractivity contribution in [3.05, 3.63) is 35.9 Å². The van der Waals surface area contributed by atoms with E-state index in [0.29, 0.717) is 12.0 Å². The summed E-state index contributed by atoms with van der Waals surface area (Å²) in [4.78, 5) is 96.4. The molecule has 3 rings (SSSR count). The Labute approximate surface area is 325 Å². The molecule has 3 unspecified atom stereocenters. The topological polar surface area (TPSA) is 193 Å². The van der Waals surface area contributed by atoms with Crippen LogP contribution in [0.25, 0.3) is 0 Å². The number of rotatable bonds is 17. The predicted molar refractivity (Wildman–Crippen MR) is 205 cm³/mol. The van der Waals surface area contributed by atoms with Gasteiger partial charge in [-0.25, -0.2) is 4.79 Å². The van der Waals surface area contributed by atoms with E-state index in [1.807, 2.05) is 34.6 Å². The molecule has 1 aliphatic carbocycles. The van der Waals surface area contributed by atoms with Gasteiger partial charge in [-0.3, -0.25) is 28.8 Å². The minimum atomic E-state index is -1.24. The molecule has 6 amide bonds. The molecule has 2 fully saturated rings. The van der Waals surface area contributed by atoms with Crippen molar-refractivity contribution in [3.63, 3.8) is 0 Å². The number of hydrogen-bond acceptors (Lipinski definition) is 9. The number of benzene rings is 1. The number of nitrogens with one attached hydrogen (secondary N) is 4. The third-order valence-corrected chi connectivity index (χ3v) is 9.55. The second kappa shape index (κ2) is 21.0. The monoisotopic (exact) mass is 770 g/mol. The fraction of sp³-hybridized carbons (Fsp3) is 0.675. The van der Waals surface area contributed by atoms with Crippen molar-refractivity contribution in [3.8, 4) is 0 Å². The van der Waals surface area contributed by atoms with Gasteiger partial charge >= 0.3 is 6.09 Å². The molecule has 1 saturated carbocycles. The van der Waals surface area contributed by atoms with Crippen LogP contribution < -0.4 is 21.3 Å². The Kier molecular flexibility index (Phi) is 17.1. The van der Waals surface area contributed by atoms with Crippen molar-refractivity contribution in [1.29, 1.82) is 0 Å². The van der Waals surface area contributed by atoms with E-state index in [0.717, 1.165) is 32.1 Å². The lowest BCUT2D eigenvalue weighted by atomic mass is 9.83. The summed E-state index contributed by atoms with van der Waals surface area (Å²) in [6, 6.07) is 4.39. The molecule has 55 heavy (non-hydrogen) atoms. The summed E-state index contributed by atoms with van der Waals surface area (Å²) in [5.74, 6) is -4.24. The molecule has 5 atom stereocenters. The number of hydrogen-bond donors (Lipinski definition) is 4. The molecule has 0 bridgehead atoms. The third-order valence-electron chi connectivity index (χ3n) is 9.55. The fourth-order valence-corrected chi connectivity index (χ4v) is 6.95. The maximum Gasteiger partial charge on any atom is 0.407 e. The molecule has 15 heteroatoms. The van der Waals surface area contributed by atoms with Crippen LogP contribution in [-0.4, -0.2) is 115 Å². The van der Waals surface area contributed by atoms with E-state index in [1.54, 1.807) is 51.4 Å². The Morgan fingerprint density at radius 2 is 1.58 bits per heavy atom. The first kappa shape index (κ1) is 44.9. The molecule has 0 aromatic heterocycles. The van der Waals surface area contributed by atoms with Crippen molar-refractivity contribution in [1.82, 2.24) is 31.1 Å². The average molecular weight is 771 g/mol. The van der Waals surface area contributed by atoms with E-state index in [4.69, 9.17) is 9.47 Å². The molecule has 306 valence electrons. The molecular formula is C40H62N6O9.